The predicted molar refractivity (Wildman–Crippen MR) is 45.9 cm³/mol. The van der Waals surface area contributed by atoms with Crippen LogP contribution in [0, 0.1) is 11.8 Å². The summed E-state index contributed by atoms with van der Waals surface area (Å²) in [6.45, 7) is 2.16. The molecule has 11 heavy (non-hydrogen) atoms. The van der Waals surface area contributed by atoms with E-state index in [4.69, 9.17) is 16.3 Å². The Balaban J connectivity index is 1.80. The van der Waals surface area contributed by atoms with Gasteiger partial charge in [0, 0.05) is 5.88 Å². The van der Waals surface area contributed by atoms with E-state index in [-0.39, 0.29) is 0 Å². The van der Waals surface area contributed by atoms with E-state index in [1.807, 2.05) is 0 Å². The molecular weight excluding hydrogens is 160 g/mol. The van der Waals surface area contributed by atoms with Gasteiger partial charge in [-0.25, -0.2) is 0 Å². The molecule has 1 saturated carbocycles. The van der Waals surface area contributed by atoms with Gasteiger partial charge in [-0.3, -0.25) is 0 Å². The van der Waals surface area contributed by atoms with Crippen LogP contribution in [0.25, 0.3) is 0 Å². The maximum Gasteiger partial charge on any atom is 0.0611 e. The average molecular weight is 175 g/mol. The Morgan fingerprint density at radius 1 is 1.45 bits per heavy atom. The van der Waals surface area contributed by atoms with Crippen molar-refractivity contribution in [1.29, 1.82) is 0 Å². The van der Waals surface area contributed by atoms with Crippen LogP contribution in [0.15, 0.2) is 0 Å². The minimum Gasteiger partial charge on any atom is -0.375 e. The highest BCUT2D eigenvalue weighted by atomic mass is 35.5. The molecular formula is C9H15ClO. The van der Waals surface area contributed by atoms with Crippen molar-refractivity contribution in [2.24, 2.45) is 11.8 Å². The molecule has 2 rings (SSSR count). The molecule has 1 nitrogen and oxygen atoms in total. The van der Waals surface area contributed by atoms with E-state index < -0.39 is 0 Å². The molecule has 4 atom stereocenters. The van der Waals surface area contributed by atoms with Crippen LogP contribution < -0.4 is 0 Å². The molecule has 1 aliphatic heterocycles. The number of rotatable bonds is 2. The van der Waals surface area contributed by atoms with Gasteiger partial charge in [0.1, 0.15) is 0 Å². The Morgan fingerprint density at radius 3 is 2.73 bits per heavy atom. The molecule has 0 radical (unpaired) electrons. The number of alkyl halides is 1. The Kier molecular flexibility index (Phi) is 2.11. The van der Waals surface area contributed by atoms with Crippen molar-refractivity contribution >= 4 is 11.6 Å². The molecule has 1 saturated heterocycles. The third kappa shape index (κ3) is 1.54. The van der Waals surface area contributed by atoms with Crippen LogP contribution in [0.3, 0.4) is 0 Å². The number of hydrogen-bond acceptors (Lipinski definition) is 1. The molecule has 4 unspecified atom stereocenters. The molecule has 0 aromatic carbocycles. The van der Waals surface area contributed by atoms with Gasteiger partial charge in [-0.15, -0.1) is 11.6 Å². The van der Waals surface area contributed by atoms with Crippen LogP contribution in [0.1, 0.15) is 26.2 Å². The number of hydrogen-bond donors (Lipinski definition) is 0. The van der Waals surface area contributed by atoms with E-state index in [0.717, 1.165) is 17.7 Å². The fourth-order valence-electron chi connectivity index (χ4n) is 2.05. The van der Waals surface area contributed by atoms with Gasteiger partial charge in [-0.2, -0.15) is 0 Å². The van der Waals surface area contributed by atoms with Crippen LogP contribution in [0.5, 0.6) is 0 Å². The largest absolute Gasteiger partial charge is 0.375 e. The van der Waals surface area contributed by atoms with Gasteiger partial charge >= 0.3 is 0 Å². The Labute approximate surface area is 73.1 Å². The van der Waals surface area contributed by atoms with Crippen molar-refractivity contribution in [3.05, 3.63) is 0 Å². The molecule has 1 heterocycles. The van der Waals surface area contributed by atoms with Crippen molar-refractivity contribution < 1.29 is 4.74 Å². The molecule has 1 aliphatic carbocycles. The molecule has 0 spiro atoms. The van der Waals surface area contributed by atoms with Crippen LogP contribution in [-0.4, -0.2) is 18.1 Å². The number of ether oxygens (including phenoxy) is 1. The highest BCUT2D eigenvalue weighted by Gasteiger charge is 2.44. The first-order valence-electron chi connectivity index (χ1n) is 4.52. The standard InChI is InChI=1S/C9H15ClO/c1-6-2-3-9(11-6)8-4-7(8)5-10/h6-9H,2-5H2,1H3. The second kappa shape index (κ2) is 2.95. The Bertz CT molecular complexity index is 148. The second-order valence-electron chi connectivity index (χ2n) is 3.88. The lowest BCUT2D eigenvalue weighted by Gasteiger charge is -2.09. The summed E-state index contributed by atoms with van der Waals surface area (Å²) in [6.07, 6.45) is 4.86. The molecule has 0 N–H and O–H groups in total. The van der Waals surface area contributed by atoms with E-state index in [1.54, 1.807) is 0 Å². The van der Waals surface area contributed by atoms with Gasteiger partial charge in [-0.05, 0) is 38.0 Å². The van der Waals surface area contributed by atoms with Gasteiger partial charge in [-0.1, -0.05) is 0 Å². The topological polar surface area (TPSA) is 9.23 Å². The van der Waals surface area contributed by atoms with Crippen LogP contribution in [0.4, 0.5) is 0 Å². The molecule has 0 aromatic heterocycles. The zero-order valence-electron chi connectivity index (χ0n) is 6.92. The highest BCUT2D eigenvalue weighted by molar-refractivity contribution is 6.18. The summed E-state index contributed by atoms with van der Waals surface area (Å²) in [5.41, 5.74) is 0. The van der Waals surface area contributed by atoms with Crippen molar-refractivity contribution in [3.8, 4) is 0 Å². The third-order valence-corrected chi connectivity index (χ3v) is 3.31. The molecule has 0 bridgehead atoms. The maximum absolute atomic E-state index is 5.76. The molecule has 0 amide bonds. The van der Waals surface area contributed by atoms with Crippen molar-refractivity contribution in [3.63, 3.8) is 0 Å². The normalized spacial score (nSPS) is 49.6. The van der Waals surface area contributed by atoms with E-state index in [0.29, 0.717) is 12.2 Å². The summed E-state index contributed by atoms with van der Waals surface area (Å²) < 4.78 is 5.76. The first-order chi connectivity index (χ1) is 5.31. The molecule has 2 heteroatoms. The van der Waals surface area contributed by atoms with E-state index in [9.17, 15) is 0 Å². The van der Waals surface area contributed by atoms with Gasteiger partial charge in [0.2, 0.25) is 0 Å². The second-order valence-corrected chi connectivity index (χ2v) is 4.19. The fourth-order valence-corrected chi connectivity index (χ4v) is 2.41. The average Bonchev–Trinajstić information content (AvgIpc) is 2.68. The lowest BCUT2D eigenvalue weighted by atomic mass is 10.1. The van der Waals surface area contributed by atoms with Crippen molar-refractivity contribution in [2.75, 3.05) is 5.88 Å². The summed E-state index contributed by atoms with van der Waals surface area (Å²) in [6, 6.07) is 0. The zero-order valence-corrected chi connectivity index (χ0v) is 7.68. The summed E-state index contributed by atoms with van der Waals surface area (Å²) in [4.78, 5) is 0. The summed E-state index contributed by atoms with van der Waals surface area (Å²) in [5.74, 6) is 2.41. The predicted octanol–water partition coefficient (Wildman–Crippen LogP) is 2.43. The summed E-state index contributed by atoms with van der Waals surface area (Å²) in [7, 11) is 0. The van der Waals surface area contributed by atoms with Gasteiger partial charge in [0.05, 0.1) is 12.2 Å². The van der Waals surface area contributed by atoms with Crippen LogP contribution in [-0.2, 0) is 4.74 Å². The van der Waals surface area contributed by atoms with Crippen molar-refractivity contribution in [1.82, 2.24) is 0 Å². The minimum absolute atomic E-state index is 0.497. The SMILES string of the molecule is CC1CCC(C2CC2CCl)O1. The van der Waals surface area contributed by atoms with Gasteiger partial charge in [0.15, 0.2) is 0 Å². The first kappa shape index (κ1) is 7.88. The zero-order chi connectivity index (χ0) is 7.84. The summed E-state index contributed by atoms with van der Waals surface area (Å²) in [5, 5.41) is 0. The smallest absolute Gasteiger partial charge is 0.0611 e. The van der Waals surface area contributed by atoms with E-state index in [1.165, 1.54) is 19.3 Å². The minimum atomic E-state index is 0.497. The maximum atomic E-state index is 5.76. The Morgan fingerprint density at radius 2 is 2.27 bits per heavy atom. The monoisotopic (exact) mass is 174 g/mol. The van der Waals surface area contributed by atoms with Gasteiger partial charge in [0.25, 0.3) is 0 Å². The van der Waals surface area contributed by atoms with Gasteiger partial charge < -0.3 is 4.74 Å². The fraction of sp³-hybridized carbons (Fsp3) is 1.00. The lowest BCUT2D eigenvalue weighted by molar-refractivity contribution is 0.0403. The molecule has 2 fully saturated rings. The summed E-state index contributed by atoms with van der Waals surface area (Å²) >= 11 is 5.75. The molecule has 0 aromatic rings. The van der Waals surface area contributed by atoms with E-state index >= 15 is 0 Å². The van der Waals surface area contributed by atoms with Crippen molar-refractivity contribution in [2.45, 2.75) is 38.4 Å². The van der Waals surface area contributed by atoms with E-state index in [2.05, 4.69) is 6.92 Å². The Hall–Kier alpha value is 0.250. The highest BCUT2D eigenvalue weighted by Crippen LogP contribution is 2.46. The lowest BCUT2D eigenvalue weighted by Crippen LogP contribution is -2.11. The first-order valence-corrected chi connectivity index (χ1v) is 5.06. The molecule has 64 valence electrons. The van der Waals surface area contributed by atoms with Crippen LogP contribution in [0.2, 0.25) is 0 Å². The van der Waals surface area contributed by atoms with Crippen LogP contribution >= 0.6 is 11.6 Å². The quantitative estimate of drug-likeness (QED) is 0.585. The third-order valence-electron chi connectivity index (χ3n) is 2.92. The number of halogens is 1. The molecule has 2 aliphatic rings.